The van der Waals surface area contributed by atoms with E-state index in [1.165, 1.54) is 21.7 Å². The van der Waals surface area contributed by atoms with Gasteiger partial charge in [0.05, 0.1) is 12.0 Å². The maximum absolute atomic E-state index is 10.9. The van der Waals surface area contributed by atoms with Crippen molar-refractivity contribution in [1.29, 1.82) is 0 Å². The minimum atomic E-state index is -0.720. The minimum absolute atomic E-state index is 0.226. The molecule has 2 atom stereocenters. The zero-order chi connectivity index (χ0) is 13.1. The molecule has 0 spiro atoms. The summed E-state index contributed by atoms with van der Waals surface area (Å²) in [5, 5.41) is 8.96. The third-order valence-corrected chi connectivity index (χ3v) is 4.64. The Kier molecular flexibility index (Phi) is 4.40. The zero-order valence-corrected chi connectivity index (χ0v) is 11.8. The Morgan fingerprint density at radius 3 is 3.11 bits per heavy atom. The SMILES string of the molecule is CCOC1CCCc2sc(CC(C)C(=O)O)cc21. The number of carboxylic acids is 1. The Hall–Kier alpha value is -0.870. The number of ether oxygens (including phenoxy) is 1. The van der Waals surface area contributed by atoms with Gasteiger partial charge in [-0.05, 0) is 44.2 Å². The molecule has 1 N–H and O–H groups in total. The summed E-state index contributed by atoms with van der Waals surface area (Å²) in [7, 11) is 0. The van der Waals surface area contributed by atoms with Crippen LogP contribution in [0.4, 0.5) is 0 Å². The van der Waals surface area contributed by atoms with Crippen molar-refractivity contribution in [2.75, 3.05) is 6.61 Å². The molecule has 18 heavy (non-hydrogen) atoms. The van der Waals surface area contributed by atoms with Gasteiger partial charge in [-0.3, -0.25) is 4.79 Å². The van der Waals surface area contributed by atoms with Crippen LogP contribution >= 0.6 is 11.3 Å². The fourth-order valence-corrected chi connectivity index (χ4v) is 3.83. The summed E-state index contributed by atoms with van der Waals surface area (Å²) in [4.78, 5) is 13.5. The lowest BCUT2D eigenvalue weighted by molar-refractivity contribution is -0.141. The Morgan fingerprint density at radius 2 is 2.44 bits per heavy atom. The Morgan fingerprint density at radius 1 is 1.67 bits per heavy atom. The fourth-order valence-electron chi connectivity index (χ4n) is 2.44. The van der Waals surface area contributed by atoms with E-state index < -0.39 is 5.97 Å². The lowest BCUT2D eigenvalue weighted by Crippen LogP contribution is -2.11. The topological polar surface area (TPSA) is 46.5 Å². The van der Waals surface area contributed by atoms with Gasteiger partial charge in [0.25, 0.3) is 0 Å². The van der Waals surface area contributed by atoms with Crippen LogP contribution in [0.1, 0.15) is 48.1 Å². The lowest BCUT2D eigenvalue weighted by atomic mass is 9.95. The summed E-state index contributed by atoms with van der Waals surface area (Å²) in [5.41, 5.74) is 1.31. The number of carbonyl (C=O) groups is 1. The molecule has 2 unspecified atom stereocenters. The molecule has 1 aliphatic carbocycles. The van der Waals surface area contributed by atoms with E-state index in [1.54, 1.807) is 18.3 Å². The van der Waals surface area contributed by atoms with Gasteiger partial charge in [0, 0.05) is 16.4 Å². The fraction of sp³-hybridized carbons (Fsp3) is 0.643. The van der Waals surface area contributed by atoms with Crippen molar-refractivity contribution in [3.05, 3.63) is 21.4 Å². The first-order chi connectivity index (χ1) is 8.61. The summed E-state index contributed by atoms with van der Waals surface area (Å²) in [5.74, 6) is -1.03. The van der Waals surface area contributed by atoms with Crippen molar-refractivity contribution in [1.82, 2.24) is 0 Å². The van der Waals surface area contributed by atoms with E-state index in [4.69, 9.17) is 9.84 Å². The van der Waals surface area contributed by atoms with Crippen molar-refractivity contribution in [3.8, 4) is 0 Å². The van der Waals surface area contributed by atoms with E-state index >= 15 is 0 Å². The van der Waals surface area contributed by atoms with Gasteiger partial charge >= 0.3 is 5.97 Å². The van der Waals surface area contributed by atoms with Crippen LogP contribution in [0.25, 0.3) is 0 Å². The van der Waals surface area contributed by atoms with Crippen LogP contribution in [0.2, 0.25) is 0 Å². The summed E-state index contributed by atoms with van der Waals surface area (Å²) in [6.07, 6.45) is 4.23. The molecule has 100 valence electrons. The second-order valence-corrected chi connectivity index (χ2v) is 6.09. The molecule has 1 heterocycles. The normalized spacial score (nSPS) is 20.4. The molecule has 4 heteroatoms. The zero-order valence-electron chi connectivity index (χ0n) is 10.9. The highest BCUT2D eigenvalue weighted by Gasteiger charge is 2.24. The van der Waals surface area contributed by atoms with Crippen LogP contribution < -0.4 is 0 Å². The highest BCUT2D eigenvalue weighted by molar-refractivity contribution is 7.12. The molecule has 1 aliphatic rings. The number of fused-ring (bicyclic) bond motifs is 1. The molecule has 0 aromatic carbocycles. The first-order valence-electron chi connectivity index (χ1n) is 6.57. The molecule has 3 nitrogen and oxygen atoms in total. The predicted molar refractivity (Wildman–Crippen MR) is 72.1 cm³/mol. The Labute approximate surface area is 112 Å². The number of thiophene rings is 1. The third-order valence-electron chi connectivity index (χ3n) is 3.41. The van der Waals surface area contributed by atoms with E-state index in [0.717, 1.165) is 19.4 Å². The molecule has 0 radical (unpaired) electrons. The van der Waals surface area contributed by atoms with Gasteiger partial charge in [-0.2, -0.15) is 0 Å². The minimum Gasteiger partial charge on any atom is -0.481 e. The molecule has 0 bridgehead atoms. The third kappa shape index (κ3) is 2.93. The molecule has 0 aliphatic heterocycles. The van der Waals surface area contributed by atoms with Gasteiger partial charge in [-0.1, -0.05) is 6.92 Å². The monoisotopic (exact) mass is 268 g/mol. The maximum Gasteiger partial charge on any atom is 0.306 e. The number of rotatable bonds is 5. The first-order valence-corrected chi connectivity index (χ1v) is 7.39. The summed E-state index contributed by atoms with van der Waals surface area (Å²) >= 11 is 1.77. The van der Waals surface area contributed by atoms with Gasteiger partial charge in [-0.25, -0.2) is 0 Å². The van der Waals surface area contributed by atoms with Crippen molar-refractivity contribution >= 4 is 17.3 Å². The summed E-state index contributed by atoms with van der Waals surface area (Å²) in [6.45, 7) is 4.52. The first kappa shape index (κ1) is 13.6. The van der Waals surface area contributed by atoms with Crippen molar-refractivity contribution in [2.24, 2.45) is 5.92 Å². The maximum atomic E-state index is 10.9. The molecule has 0 fully saturated rings. The average Bonchev–Trinajstić information content (AvgIpc) is 2.72. The van der Waals surface area contributed by atoms with Crippen LogP contribution in [0.3, 0.4) is 0 Å². The van der Waals surface area contributed by atoms with Gasteiger partial charge < -0.3 is 9.84 Å². The van der Waals surface area contributed by atoms with Crippen LogP contribution in [0, 0.1) is 5.92 Å². The molecular weight excluding hydrogens is 248 g/mol. The second-order valence-electron chi connectivity index (χ2n) is 4.87. The van der Waals surface area contributed by atoms with E-state index in [-0.39, 0.29) is 12.0 Å². The smallest absolute Gasteiger partial charge is 0.306 e. The van der Waals surface area contributed by atoms with E-state index in [1.807, 2.05) is 6.92 Å². The highest BCUT2D eigenvalue weighted by atomic mass is 32.1. The molecule has 1 aromatic rings. The number of hydrogen-bond donors (Lipinski definition) is 1. The van der Waals surface area contributed by atoms with Crippen LogP contribution in [-0.4, -0.2) is 17.7 Å². The van der Waals surface area contributed by atoms with Crippen molar-refractivity contribution in [2.45, 2.75) is 45.6 Å². The Bertz CT molecular complexity index is 425. The van der Waals surface area contributed by atoms with Gasteiger partial charge in [0.15, 0.2) is 0 Å². The van der Waals surface area contributed by atoms with Crippen LogP contribution in [0.15, 0.2) is 6.07 Å². The summed E-state index contributed by atoms with van der Waals surface area (Å²) in [6, 6.07) is 2.17. The van der Waals surface area contributed by atoms with Crippen molar-refractivity contribution in [3.63, 3.8) is 0 Å². The van der Waals surface area contributed by atoms with Crippen molar-refractivity contribution < 1.29 is 14.6 Å². The standard InChI is InChI=1S/C14H20O3S/c1-3-17-12-5-4-6-13-11(12)8-10(18-13)7-9(2)14(15)16/h8-9,12H,3-7H2,1-2H3,(H,15,16). The molecular formula is C14H20O3S. The molecule has 0 saturated heterocycles. The molecule has 0 amide bonds. The van der Waals surface area contributed by atoms with E-state index in [2.05, 4.69) is 6.07 Å². The number of carboxylic acid groups (broad SMARTS) is 1. The van der Waals surface area contributed by atoms with Gasteiger partial charge in [-0.15, -0.1) is 11.3 Å². The van der Waals surface area contributed by atoms with Gasteiger partial charge in [0.2, 0.25) is 0 Å². The summed E-state index contributed by atoms with van der Waals surface area (Å²) < 4.78 is 5.77. The number of aliphatic carboxylic acids is 1. The second kappa shape index (κ2) is 5.85. The van der Waals surface area contributed by atoms with Gasteiger partial charge in [0.1, 0.15) is 0 Å². The highest BCUT2D eigenvalue weighted by Crippen LogP contribution is 2.38. The number of hydrogen-bond acceptors (Lipinski definition) is 3. The van der Waals surface area contributed by atoms with E-state index in [0.29, 0.717) is 6.42 Å². The molecule has 1 aromatic heterocycles. The largest absolute Gasteiger partial charge is 0.481 e. The number of aryl methyl sites for hydroxylation is 1. The average molecular weight is 268 g/mol. The lowest BCUT2D eigenvalue weighted by Gasteiger charge is -2.22. The van der Waals surface area contributed by atoms with Crippen LogP contribution in [0.5, 0.6) is 0 Å². The quantitative estimate of drug-likeness (QED) is 0.890. The van der Waals surface area contributed by atoms with E-state index in [9.17, 15) is 4.79 Å². The Balaban J connectivity index is 2.14. The predicted octanol–water partition coefficient (Wildman–Crippen LogP) is 3.43. The molecule has 2 rings (SSSR count). The molecule has 0 saturated carbocycles. The van der Waals surface area contributed by atoms with Crippen LogP contribution in [-0.2, 0) is 22.4 Å².